The average Bonchev–Trinajstić information content (AvgIpc) is 3.44. The number of carbonyl (C=O) groups excluding carboxylic acids is 1. The molecular weight excluding hydrogens is 815 g/mol. The summed E-state index contributed by atoms with van der Waals surface area (Å²) in [5, 5.41) is 59.4. The topological polar surface area (TPSA) is 221 Å². The molecule has 1 saturated carbocycles. The molecule has 2 aliphatic carbocycles. The van der Waals surface area contributed by atoms with E-state index in [4.69, 9.17) is 19.6 Å². The summed E-state index contributed by atoms with van der Waals surface area (Å²) in [5.74, 6) is -2.22. The van der Waals surface area contributed by atoms with E-state index >= 15 is 0 Å². The van der Waals surface area contributed by atoms with Crippen LogP contribution in [0.1, 0.15) is 92.7 Å². The van der Waals surface area contributed by atoms with Crippen LogP contribution in [0.5, 0.6) is 17.2 Å². The number of aromatic hydroxyl groups is 2. The number of aliphatic hydroxyl groups excluding tert-OH is 2. The van der Waals surface area contributed by atoms with Crippen molar-refractivity contribution in [2.45, 2.75) is 102 Å². The first-order valence-corrected chi connectivity index (χ1v) is 22.9. The summed E-state index contributed by atoms with van der Waals surface area (Å²) in [4.78, 5) is 28.7. The number of dihydropyridines is 2. The van der Waals surface area contributed by atoms with Crippen molar-refractivity contribution in [1.82, 2.24) is 21.3 Å². The number of esters is 1. The highest BCUT2D eigenvalue weighted by atomic mass is 16.6. The first-order valence-electron chi connectivity index (χ1n) is 22.9. The van der Waals surface area contributed by atoms with Gasteiger partial charge in [-0.05, 0) is 136 Å². The molecule has 10 N–H and O–H groups in total. The fourth-order valence-corrected chi connectivity index (χ4v) is 11.9. The maximum absolute atomic E-state index is 14.4. The summed E-state index contributed by atoms with van der Waals surface area (Å²) >= 11 is 0. The van der Waals surface area contributed by atoms with E-state index in [1.807, 2.05) is 27.0 Å². The van der Waals surface area contributed by atoms with E-state index in [1.54, 1.807) is 18.2 Å². The maximum atomic E-state index is 14.4. The number of aryl methyl sites for hydroxylation is 1. The van der Waals surface area contributed by atoms with Gasteiger partial charge in [-0.1, -0.05) is 25.1 Å². The molecule has 9 rings (SSSR count). The number of phenolic OH excluding ortho intramolecular Hbond substituents is 2. The van der Waals surface area contributed by atoms with Crippen LogP contribution in [0, 0.1) is 17.8 Å². The zero-order chi connectivity index (χ0) is 45.0. The van der Waals surface area contributed by atoms with Gasteiger partial charge in [0, 0.05) is 59.7 Å². The fourth-order valence-electron chi connectivity index (χ4n) is 11.9. The van der Waals surface area contributed by atoms with Crippen LogP contribution in [0.25, 0.3) is 11.0 Å². The Morgan fingerprint density at radius 1 is 1.12 bits per heavy atom. The van der Waals surface area contributed by atoms with Crippen molar-refractivity contribution in [1.29, 1.82) is 0 Å². The summed E-state index contributed by atoms with van der Waals surface area (Å²) in [7, 11) is 1.83. The van der Waals surface area contributed by atoms with E-state index < -0.39 is 41.5 Å². The van der Waals surface area contributed by atoms with Gasteiger partial charge in [0.25, 0.3) is 0 Å². The molecule has 14 nitrogen and oxygen atoms in total. The number of hydrogen-bond acceptors (Lipinski definition) is 14. The average molecular weight is 876 g/mol. The first kappa shape index (κ1) is 43.7. The molecule has 0 amide bonds. The molecule has 14 heteroatoms. The number of benzene rings is 2. The summed E-state index contributed by atoms with van der Waals surface area (Å²) < 4.78 is 20.9. The van der Waals surface area contributed by atoms with Crippen molar-refractivity contribution in [3.05, 3.63) is 121 Å². The van der Waals surface area contributed by atoms with Gasteiger partial charge in [0.05, 0.1) is 12.8 Å². The van der Waals surface area contributed by atoms with Gasteiger partial charge in [-0.2, -0.15) is 0 Å². The molecule has 0 spiro atoms. The van der Waals surface area contributed by atoms with Gasteiger partial charge in [0.1, 0.15) is 58.1 Å². The lowest BCUT2D eigenvalue weighted by atomic mass is 9.61. The van der Waals surface area contributed by atoms with Gasteiger partial charge in [0.2, 0.25) is 0 Å². The van der Waals surface area contributed by atoms with Crippen LogP contribution < -0.4 is 37.2 Å². The molecule has 4 bridgehead atoms. The quantitative estimate of drug-likeness (QED) is 0.105. The number of likely N-dealkylation sites (N-methyl/N-ethyl adjacent to an activating group) is 1. The lowest BCUT2D eigenvalue weighted by Crippen LogP contribution is -2.59. The largest absolute Gasteiger partial charge is 0.508 e. The van der Waals surface area contributed by atoms with Crippen LogP contribution in [-0.4, -0.2) is 77.6 Å². The molecule has 2 aromatic carbocycles. The molecule has 6 aliphatic rings. The lowest BCUT2D eigenvalue weighted by Gasteiger charge is -2.52. The van der Waals surface area contributed by atoms with Crippen molar-refractivity contribution in [2.24, 2.45) is 23.5 Å². The first-order chi connectivity index (χ1) is 30.9. The minimum atomic E-state index is -1.26. The Hall–Kier alpha value is -5.54. The van der Waals surface area contributed by atoms with Crippen molar-refractivity contribution in [3.8, 4) is 17.2 Å². The van der Waals surface area contributed by atoms with Gasteiger partial charge in [-0.15, -0.1) is 0 Å². The predicted molar refractivity (Wildman–Crippen MR) is 242 cm³/mol. The molecule has 0 radical (unpaired) electrons. The summed E-state index contributed by atoms with van der Waals surface area (Å²) in [6, 6.07) is 6.48. The van der Waals surface area contributed by atoms with Gasteiger partial charge in [0.15, 0.2) is 5.43 Å². The fraction of sp³-hybridized carbons (Fsp3) is 0.480. The monoisotopic (exact) mass is 875 g/mol. The molecule has 4 aliphatic heterocycles. The van der Waals surface area contributed by atoms with E-state index in [1.165, 1.54) is 11.6 Å². The molecule has 8 unspecified atom stereocenters. The molecular formula is C50H61N5O9. The van der Waals surface area contributed by atoms with Crippen molar-refractivity contribution in [3.63, 3.8) is 0 Å². The van der Waals surface area contributed by atoms with Gasteiger partial charge in [-0.25, -0.2) is 4.79 Å². The van der Waals surface area contributed by atoms with Crippen LogP contribution in [0.15, 0.2) is 91.6 Å². The number of fused-ring (bicyclic) bond motifs is 9. The van der Waals surface area contributed by atoms with Crippen LogP contribution in [0.4, 0.5) is 0 Å². The third kappa shape index (κ3) is 7.28. The van der Waals surface area contributed by atoms with Crippen molar-refractivity contribution in [2.75, 3.05) is 33.3 Å². The van der Waals surface area contributed by atoms with Gasteiger partial charge < -0.3 is 56.0 Å². The molecule has 3 aromatic rings. The molecule has 5 heterocycles. The molecule has 1 fully saturated rings. The molecule has 0 saturated heterocycles. The minimum Gasteiger partial charge on any atom is -0.508 e. The summed E-state index contributed by atoms with van der Waals surface area (Å²) in [6.45, 7) is 6.67. The number of nitrogens with one attached hydrogen (secondary N) is 4. The number of allylic oxidation sites excluding steroid dienone is 5. The van der Waals surface area contributed by atoms with E-state index in [0.717, 1.165) is 47.2 Å². The Balaban J connectivity index is 1.40. The van der Waals surface area contributed by atoms with Gasteiger partial charge in [-0.3, -0.25) is 10.1 Å². The van der Waals surface area contributed by atoms with Crippen LogP contribution in [0.2, 0.25) is 0 Å². The zero-order valence-corrected chi connectivity index (χ0v) is 37.1. The Morgan fingerprint density at radius 2 is 1.95 bits per heavy atom. The minimum absolute atomic E-state index is 0.00621. The van der Waals surface area contributed by atoms with Crippen LogP contribution in [-0.2, 0) is 29.0 Å². The smallest absolute Gasteiger partial charge is 0.334 e. The van der Waals surface area contributed by atoms with Gasteiger partial charge >= 0.3 is 5.97 Å². The predicted octanol–water partition coefficient (Wildman–Crippen LogP) is 4.76. The molecule has 64 heavy (non-hydrogen) atoms. The van der Waals surface area contributed by atoms with E-state index in [-0.39, 0.29) is 76.5 Å². The SMILES string of the molecule is CC=C(CCNC)C(=O)OC1Cc2c3c(c4oc(CO)cc(=O)c4c2O)C2C4=CCNC(N)=C4C(CCc4ccc(O)cc4C2CO)C2CCC4=CC(NCC)NC=C4CC2C1(C)O3. The highest BCUT2D eigenvalue weighted by Crippen LogP contribution is 2.61. The van der Waals surface area contributed by atoms with E-state index in [2.05, 4.69) is 46.5 Å². The lowest BCUT2D eigenvalue weighted by molar-refractivity contribution is -0.169. The zero-order valence-electron chi connectivity index (χ0n) is 37.1. The number of hydrogen-bond donors (Lipinski definition) is 9. The Labute approximate surface area is 373 Å². The third-order valence-electron chi connectivity index (χ3n) is 15.0. The maximum Gasteiger partial charge on any atom is 0.334 e. The summed E-state index contributed by atoms with van der Waals surface area (Å²) in [5.41, 5.74) is 12.4. The number of phenols is 2. The normalized spacial score (nSPS) is 28.4. The second kappa shape index (κ2) is 17.4. The van der Waals surface area contributed by atoms with Crippen molar-refractivity contribution < 1.29 is 39.1 Å². The van der Waals surface area contributed by atoms with E-state index in [0.29, 0.717) is 55.7 Å². The Kier molecular flexibility index (Phi) is 11.9. The Morgan fingerprint density at radius 3 is 2.70 bits per heavy atom. The number of carbonyl (C=O) groups is 1. The number of nitrogens with two attached hydrogens (primary N) is 1. The highest BCUT2D eigenvalue weighted by Gasteiger charge is 2.58. The standard InChI is InChI=1S/C50H61N5O9/c1-5-25(13-15-52-4)49(61)63-39-21-35-45(60)43-38(59)20-30(23-56)62-47(43)44-41-33-14-16-54-48(51)42(33)32(12-8-26-7-10-29(58)19-34(26)36(41)24-57)31-11-9-27-18-40(53-6-2)55-22-28(27)17-37(31)50(39,3)64-46(35)44/h5,7,10,14,18-20,22,31-32,36-37,39-41,52-58,60H,6,8-9,11-13,15-17,21,23-24,51H2,1-4H3. The number of rotatable bonds is 9. The van der Waals surface area contributed by atoms with E-state index in [9.17, 15) is 30.0 Å². The summed E-state index contributed by atoms with van der Waals surface area (Å²) in [6.07, 6.45) is 11.0. The second-order valence-electron chi connectivity index (χ2n) is 18.3. The highest BCUT2D eigenvalue weighted by molar-refractivity contribution is 5.92. The van der Waals surface area contributed by atoms with Crippen LogP contribution in [0.3, 0.4) is 0 Å². The number of ether oxygens (including phenoxy) is 2. The van der Waals surface area contributed by atoms with Crippen LogP contribution >= 0.6 is 0 Å². The van der Waals surface area contributed by atoms with Crippen molar-refractivity contribution >= 4 is 16.9 Å². The third-order valence-corrected chi connectivity index (χ3v) is 15.0. The molecule has 8 atom stereocenters. The second-order valence-corrected chi connectivity index (χ2v) is 18.3. The Bertz CT molecular complexity index is 2590. The molecule has 340 valence electrons. The number of aliphatic hydroxyl groups is 2. The molecule has 1 aromatic heterocycles.